The minimum Gasteiger partial charge on any atom is -0.364 e. The highest BCUT2D eigenvalue weighted by Gasteiger charge is 2.27. The molecule has 2 unspecified atom stereocenters. The Balaban J connectivity index is 1.84. The van der Waals surface area contributed by atoms with Gasteiger partial charge in [0.2, 0.25) is 0 Å². The molecule has 102 valence electrons. The van der Waals surface area contributed by atoms with Gasteiger partial charge in [-0.05, 0) is 31.6 Å². The van der Waals surface area contributed by atoms with Crippen molar-refractivity contribution >= 4 is 23.1 Å². The maximum absolute atomic E-state index is 4.50. The minimum atomic E-state index is 0.541. The standard InChI is InChI=1S/C14H20N4S/c1-3-19-13-6-4-5-11(13)16-14-12-9-10(2)17-18(12)8-7-15-14/h7-9,11,13H,3-6H2,1-2H3,(H,15,16). The highest BCUT2D eigenvalue weighted by molar-refractivity contribution is 7.99. The second kappa shape index (κ2) is 5.41. The predicted octanol–water partition coefficient (Wildman–Crippen LogP) is 3.12. The predicted molar refractivity (Wildman–Crippen MR) is 80.9 cm³/mol. The fraction of sp³-hybridized carbons (Fsp3) is 0.571. The summed E-state index contributed by atoms with van der Waals surface area (Å²) in [4.78, 5) is 4.50. The summed E-state index contributed by atoms with van der Waals surface area (Å²) < 4.78 is 1.90. The van der Waals surface area contributed by atoms with Crippen molar-refractivity contribution in [2.24, 2.45) is 0 Å². The summed E-state index contributed by atoms with van der Waals surface area (Å²) in [5, 5.41) is 8.79. The maximum Gasteiger partial charge on any atom is 0.152 e. The molecular formula is C14H20N4S. The summed E-state index contributed by atoms with van der Waals surface area (Å²) in [6, 6.07) is 2.63. The topological polar surface area (TPSA) is 42.2 Å². The Labute approximate surface area is 118 Å². The zero-order valence-electron chi connectivity index (χ0n) is 11.5. The lowest BCUT2D eigenvalue weighted by Gasteiger charge is -2.20. The van der Waals surface area contributed by atoms with E-state index in [4.69, 9.17) is 0 Å². The average molecular weight is 276 g/mol. The summed E-state index contributed by atoms with van der Waals surface area (Å²) in [5.41, 5.74) is 2.11. The van der Waals surface area contributed by atoms with Crippen LogP contribution in [0.3, 0.4) is 0 Å². The Kier molecular flexibility index (Phi) is 3.64. The second-order valence-electron chi connectivity index (χ2n) is 5.07. The summed E-state index contributed by atoms with van der Waals surface area (Å²) in [6.07, 6.45) is 7.60. The van der Waals surface area contributed by atoms with Crippen LogP contribution in [0, 0.1) is 6.92 Å². The first-order chi connectivity index (χ1) is 9.28. The van der Waals surface area contributed by atoms with Crippen LogP contribution in [0.2, 0.25) is 0 Å². The molecule has 1 fully saturated rings. The lowest BCUT2D eigenvalue weighted by molar-refractivity contribution is 0.761. The molecule has 5 heteroatoms. The van der Waals surface area contributed by atoms with Gasteiger partial charge in [0.1, 0.15) is 5.52 Å². The van der Waals surface area contributed by atoms with E-state index in [0.717, 1.165) is 22.3 Å². The first-order valence-electron chi connectivity index (χ1n) is 6.97. The van der Waals surface area contributed by atoms with Gasteiger partial charge >= 0.3 is 0 Å². The van der Waals surface area contributed by atoms with Crippen molar-refractivity contribution in [3.8, 4) is 0 Å². The maximum atomic E-state index is 4.50. The fourth-order valence-corrected chi connectivity index (χ4v) is 4.03. The molecule has 0 spiro atoms. The third kappa shape index (κ3) is 2.56. The SMILES string of the molecule is CCSC1CCCC1Nc1nccn2nc(C)cc12. The van der Waals surface area contributed by atoms with Crippen LogP contribution in [0.25, 0.3) is 5.52 Å². The van der Waals surface area contributed by atoms with E-state index in [9.17, 15) is 0 Å². The third-order valence-corrected chi connectivity index (χ3v) is 4.99. The lowest BCUT2D eigenvalue weighted by Crippen LogP contribution is -2.26. The number of hydrogen-bond donors (Lipinski definition) is 1. The van der Waals surface area contributed by atoms with Gasteiger partial charge in [0.05, 0.1) is 5.69 Å². The summed E-state index contributed by atoms with van der Waals surface area (Å²) >= 11 is 2.06. The fourth-order valence-electron chi connectivity index (χ4n) is 2.84. The Bertz CT molecular complexity index is 566. The molecule has 0 aliphatic heterocycles. The largest absolute Gasteiger partial charge is 0.364 e. The van der Waals surface area contributed by atoms with Gasteiger partial charge in [-0.2, -0.15) is 16.9 Å². The number of thioether (sulfide) groups is 1. The first kappa shape index (κ1) is 12.8. The van der Waals surface area contributed by atoms with Gasteiger partial charge in [-0.3, -0.25) is 0 Å². The quantitative estimate of drug-likeness (QED) is 0.931. The molecule has 1 aliphatic rings. The molecule has 0 radical (unpaired) electrons. The van der Waals surface area contributed by atoms with E-state index in [1.165, 1.54) is 25.0 Å². The summed E-state index contributed by atoms with van der Waals surface area (Å²) in [5.74, 6) is 2.16. The lowest BCUT2D eigenvalue weighted by atomic mass is 10.2. The van der Waals surface area contributed by atoms with Gasteiger partial charge in [-0.25, -0.2) is 9.50 Å². The normalized spacial score (nSPS) is 23.1. The zero-order valence-corrected chi connectivity index (χ0v) is 12.3. The second-order valence-corrected chi connectivity index (χ2v) is 6.58. The van der Waals surface area contributed by atoms with Crippen molar-refractivity contribution in [2.75, 3.05) is 11.1 Å². The Hall–Kier alpha value is -1.23. The number of hydrogen-bond acceptors (Lipinski definition) is 4. The van der Waals surface area contributed by atoms with Gasteiger partial charge in [0.25, 0.3) is 0 Å². The van der Waals surface area contributed by atoms with Crippen LogP contribution in [0.1, 0.15) is 31.9 Å². The number of fused-ring (bicyclic) bond motifs is 1. The van der Waals surface area contributed by atoms with Crippen molar-refractivity contribution in [1.29, 1.82) is 0 Å². The van der Waals surface area contributed by atoms with Crippen molar-refractivity contribution in [2.45, 2.75) is 44.4 Å². The van der Waals surface area contributed by atoms with E-state index < -0.39 is 0 Å². The summed E-state index contributed by atoms with van der Waals surface area (Å²) in [6.45, 7) is 4.25. The van der Waals surface area contributed by atoms with E-state index in [2.05, 4.69) is 40.2 Å². The van der Waals surface area contributed by atoms with Crippen LogP contribution < -0.4 is 5.32 Å². The number of nitrogens with zero attached hydrogens (tertiary/aromatic N) is 3. The number of nitrogens with one attached hydrogen (secondary N) is 1. The van der Waals surface area contributed by atoms with E-state index >= 15 is 0 Å². The van der Waals surface area contributed by atoms with Crippen LogP contribution in [0.4, 0.5) is 5.82 Å². The number of anilines is 1. The molecule has 1 N–H and O–H groups in total. The van der Waals surface area contributed by atoms with Crippen LogP contribution in [-0.2, 0) is 0 Å². The average Bonchev–Trinajstić information content (AvgIpc) is 2.97. The molecule has 2 heterocycles. The minimum absolute atomic E-state index is 0.541. The highest BCUT2D eigenvalue weighted by atomic mass is 32.2. The molecule has 2 aromatic rings. The van der Waals surface area contributed by atoms with Crippen molar-refractivity contribution in [1.82, 2.24) is 14.6 Å². The molecule has 1 aliphatic carbocycles. The van der Waals surface area contributed by atoms with E-state index in [1.54, 1.807) is 0 Å². The Morgan fingerprint density at radius 2 is 2.37 bits per heavy atom. The number of rotatable bonds is 4. The number of aromatic nitrogens is 3. The molecular weight excluding hydrogens is 256 g/mol. The van der Waals surface area contributed by atoms with E-state index in [-0.39, 0.29) is 0 Å². The van der Waals surface area contributed by atoms with E-state index in [1.807, 2.05) is 23.8 Å². The molecule has 2 atom stereocenters. The van der Waals surface area contributed by atoms with Crippen molar-refractivity contribution in [3.63, 3.8) is 0 Å². The first-order valence-corrected chi connectivity index (χ1v) is 8.02. The molecule has 0 saturated heterocycles. The molecule has 0 aromatic carbocycles. The molecule has 1 saturated carbocycles. The summed E-state index contributed by atoms with van der Waals surface area (Å²) in [7, 11) is 0. The van der Waals surface area contributed by atoms with Gasteiger partial charge in [0.15, 0.2) is 5.82 Å². The van der Waals surface area contributed by atoms with Gasteiger partial charge in [0, 0.05) is 23.7 Å². The van der Waals surface area contributed by atoms with Crippen LogP contribution in [0.5, 0.6) is 0 Å². The zero-order chi connectivity index (χ0) is 13.2. The molecule has 2 aromatic heterocycles. The van der Waals surface area contributed by atoms with Crippen LogP contribution in [0.15, 0.2) is 18.5 Å². The number of aryl methyl sites for hydroxylation is 1. The van der Waals surface area contributed by atoms with Crippen molar-refractivity contribution < 1.29 is 0 Å². The molecule has 4 nitrogen and oxygen atoms in total. The molecule has 3 rings (SSSR count). The van der Waals surface area contributed by atoms with Crippen LogP contribution in [-0.4, -0.2) is 31.6 Å². The van der Waals surface area contributed by atoms with Gasteiger partial charge in [-0.15, -0.1) is 0 Å². The van der Waals surface area contributed by atoms with Crippen LogP contribution >= 0.6 is 11.8 Å². The van der Waals surface area contributed by atoms with Crippen molar-refractivity contribution in [3.05, 3.63) is 24.2 Å². The van der Waals surface area contributed by atoms with Gasteiger partial charge in [-0.1, -0.05) is 13.3 Å². The Morgan fingerprint density at radius 3 is 3.21 bits per heavy atom. The van der Waals surface area contributed by atoms with Gasteiger partial charge < -0.3 is 5.32 Å². The smallest absolute Gasteiger partial charge is 0.152 e. The Morgan fingerprint density at radius 1 is 1.47 bits per heavy atom. The third-order valence-electron chi connectivity index (χ3n) is 3.67. The highest BCUT2D eigenvalue weighted by Crippen LogP contribution is 2.32. The van der Waals surface area contributed by atoms with E-state index in [0.29, 0.717) is 6.04 Å². The molecule has 19 heavy (non-hydrogen) atoms. The molecule has 0 amide bonds. The molecule has 0 bridgehead atoms. The monoisotopic (exact) mass is 276 g/mol.